The van der Waals surface area contributed by atoms with E-state index >= 15 is 0 Å². The van der Waals surface area contributed by atoms with E-state index in [1.165, 1.54) is 24.3 Å². The number of nitrogen functional groups attached to an aromatic ring is 1. The highest BCUT2D eigenvalue weighted by Crippen LogP contribution is 2.29. The van der Waals surface area contributed by atoms with Crippen LogP contribution in [0.5, 0.6) is 0 Å². The van der Waals surface area contributed by atoms with E-state index in [0.717, 1.165) is 18.5 Å². The first-order chi connectivity index (χ1) is 14.9. The van der Waals surface area contributed by atoms with E-state index in [1.54, 1.807) is 36.1 Å². The third kappa shape index (κ3) is 4.40. The van der Waals surface area contributed by atoms with Crippen LogP contribution in [0, 0.1) is 5.82 Å². The number of aryl methyl sites for hydroxylation is 1. The molecule has 1 fully saturated rings. The Bertz CT molecular complexity index is 1100. The summed E-state index contributed by atoms with van der Waals surface area (Å²) in [4.78, 5) is 31.4. The average Bonchev–Trinajstić information content (AvgIpc) is 3.20. The number of aromatic nitrogens is 3. The molecule has 1 aromatic carbocycles. The molecular weight excluding hydrogens is 399 g/mol. The van der Waals surface area contributed by atoms with Crippen LogP contribution in [-0.2, 0) is 7.05 Å². The summed E-state index contributed by atoms with van der Waals surface area (Å²) in [7, 11) is 1.75. The Hall–Kier alpha value is -3.75. The van der Waals surface area contributed by atoms with Crippen LogP contribution in [0.15, 0.2) is 48.7 Å². The normalized spacial score (nSPS) is 14.5. The number of hydrogen-bond acceptors (Lipinski definition) is 5. The quantitative estimate of drug-likeness (QED) is 0.673. The van der Waals surface area contributed by atoms with E-state index in [9.17, 15) is 14.0 Å². The van der Waals surface area contributed by atoms with E-state index in [1.807, 2.05) is 4.90 Å². The van der Waals surface area contributed by atoms with Gasteiger partial charge in [0.2, 0.25) is 0 Å². The van der Waals surface area contributed by atoms with Crippen LogP contribution >= 0.6 is 0 Å². The van der Waals surface area contributed by atoms with Crippen molar-refractivity contribution in [1.29, 1.82) is 0 Å². The maximum absolute atomic E-state index is 13.0. The SMILES string of the molecule is Cn1nccc1C(=O)N1CCC(c2ccc(C(=O)Nc3ccc(F)cc3)c(N)n2)CC1. The van der Waals surface area contributed by atoms with Crippen molar-refractivity contribution in [2.24, 2.45) is 7.05 Å². The second-order valence-electron chi connectivity index (χ2n) is 7.54. The summed E-state index contributed by atoms with van der Waals surface area (Å²) < 4.78 is 14.6. The minimum Gasteiger partial charge on any atom is -0.383 e. The van der Waals surface area contributed by atoms with Gasteiger partial charge >= 0.3 is 0 Å². The molecule has 4 rings (SSSR count). The molecule has 0 radical (unpaired) electrons. The summed E-state index contributed by atoms with van der Waals surface area (Å²) in [6, 6.07) is 10.7. The summed E-state index contributed by atoms with van der Waals surface area (Å²) in [6.07, 6.45) is 3.13. The van der Waals surface area contributed by atoms with Crippen molar-refractivity contribution in [3.8, 4) is 0 Å². The van der Waals surface area contributed by atoms with Crippen molar-refractivity contribution in [3.63, 3.8) is 0 Å². The molecule has 160 valence electrons. The Kier molecular flexibility index (Phi) is 5.66. The van der Waals surface area contributed by atoms with E-state index in [0.29, 0.717) is 24.5 Å². The average molecular weight is 422 g/mol. The summed E-state index contributed by atoms with van der Waals surface area (Å²) in [6.45, 7) is 1.23. The number of benzene rings is 1. The molecule has 0 unspecified atom stereocenters. The number of amides is 2. The topological polar surface area (TPSA) is 106 Å². The summed E-state index contributed by atoms with van der Waals surface area (Å²) in [5.74, 6) is -0.507. The number of halogens is 1. The fraction of sp³-hybridized carbons (Fsp3) is 0.273. The molecule has 0 spiro atoms. The molecule has 0 atom stereocenters. The molecular formula is C22H23FN6O2. The van der Waals surface area contributed by atoms with Crippen LogP contribution in [0.25, 0.3) is 0 Å². The predicted octanol–water partition coefficient (Wildman–Crippen LogP) is 2.81. The molecule has 1 aliphatic heterocycles. The number of carbonyl (C=O) groups is 2. The molecule has 2 amide bonds. The maximum atomic E-state index is 13.0. The molecule has 0 saturated carbocycles. The first kappa shape index (κ1) is 20.5. The minimum atomic E-state index is -0.403. The van der Waals surface area contributed by atoms with Crippen molar-refractivity contribution in [2.75, 3.05) is 24.1 Å². The number of rotatable bonds is 4. The number of likely N-dealkylation sites (tertiary alicyclic amines) is 1. The highest BCUT2D eigenvalue weighted by atomic mass is 19.1. The first-order valence-electron chi connectivity index (χ1n) is 10.0. The van der Waals surface area contributed by atoms with E-state index in [-0.39, 0.29) is 29.0 Å². The van der Waals surface area contributed by atoms with Gasteiger partial charge in [-0.05, 0) is 55.3 Å². The van der Waals surface area contributed by atoms with Gasteiger partial charge in [0.05, 0.1) is 5.56 Å². The van der Waals surface area contributed by atoms with Crippen LogP contribution in [0.2, 0.25) is 0 Å². The number of pyridine rings is 1. The smallest absolute Gasteiger partial charge is 0.272 e. The molecule has 3 heterocycles. The molecule has 0 aliphatic carbocycles. The van der Waals surface area contributed by atoms with E-state index < -0.39 is 5.91 Å². The van der Waals surface area contributed by atoms with Crippen LogP contribution in [0.3, 0.4) is 0 Å². The third-order valence-corrected chi connectivity index (χ3v) is 5.53. The van der Waals surface area contributed by atoms with Crippen molar-refractivity contribution >= 4 is 23.3 Å². The van der Waals surface area contributed by atoms with Crippen molar-refractivity contribution in [3.05, 3.63) is 71.4 Å². The Morgan fingerprint density at radius 2 is 1.81 bits per heavy atom. The Labute approximate surface area is 178 Å². The fourth-order valence-corrected chi connectivity index (χ4v) is 3.77. The van der Waals surface area contributed by atoms with Crippen molar-refractivity contribution in [2.45, 2.75) is 18.8 Å². The molecule has 1 saturated heterocycles. The lowest BCUT2D eigenvalue weighted by atomic mass is 9.92. The summed E-state index contributed by atoms with van der Waals surface area (Å²) in [5.41, 5.74) is 8.17. The Morgan fingerprint density at radius 1 is 1.10 bits per heavy atom. The van der Waals surface area contributed by atoms with Gasteiger partial charge in [-0.2, -0.15) is 5.10 Å². The van der Waals surface area contributed by atoms with Gasteiger partial charge in [0, 0.05) is 43.6 Å². The van der Waals surface area contributed by atoms with Crippen molar-refractivity contribution in [1.82, 2.24) is 19.7 Å². The number of carbonyl (C=O) groups excluding carboxylic acids is 2. The van der Waals surface area contributed by atoms with Crippen LogP contribution in [0.4, 0.5) is 15.9 Å². The summed E-state index contributed by atoms with van der Waals surface area (Å²) >= 11 is 0. The van der Waals surface area contributed by atoms with Gasteiger partial charge in [0.1, 0.15) is 17.3 Å². The van der Waals surface area contributed by atoms with Crippen molar-refractivity contribution < 1.29 is 14.0 Å². The van der Waals surface area contributed by atoms with E-state index in [4.69, 9.17) is 5.73 Å². The highest BCUT2D eigenvalue weighted by molar-refractivity contribution is 6.07. The minimum absolute atomic E-state index is 0.0289. The van der Waals surface area contributed by atoms with Gasteiger partial charge < -0.3 is 16.0 Å². The second-order valence-corrected chi connectivity index (χ2v) is 7.54. The number of piperidine rings is 1. The Balaban J connectivity index is 1.39. The van der Waals surface area contributed by atoms with Gasteiger partial charge in [0.15, 0.2) is 0 Å². The zero-order valence-corrected chi connectivity index (χ0v) is 17.1. The number of nitrogens with two attached hydrogens (primary N) is 1. The lowest BCUT2D eigenvalue weighted by Crippen LogP contribution is -2.38. The molecule has 9 heteroatoms. The van der Waals surface area contributed by atoms with Gasteiger partial charge in [-0.25, -0.2) is 9.37 Å². The number of hydrogen-bond donors (Lipinski definition) is 2. The number of nitrogens with one attached hydrogen (secondary N) is 1. The number of nitrogens with zero attached hydrogens (tertiary/aromatic N) is 4. The van der Waals surface area contributed by atoms with Crippen LogP contribution in [0.1, 0.15) is 45.3 Å². The molecule has 8 nitrogen and oxygen atoms in total. The second kappa shape index (κ2) is 8.55. The monoisotopic (exact) mass is 422 g/mol. The standard InChI is InChI=1S/C22H23FN6O2/c1-28-19(8-11-25-28)22(31)29-12-9-14(10-13-29)18-7-6-17(20(24)27-18)21(30)26-16-4-2-15(23)3-5-16/h2-8,11,14H,9-10,12-13H2,1H3,(H2,24,27)(H,26,30). The van der Waals surface area contributed by atoms with Gasteiger partial charge in [0.25, 0.3) is 11.8 Å². The highest BCUT2D eigenvalue weighted by Gasteiger charge is 2.27. The molecule has 3 aromatic rings. The Morgan fingerprint density at radius 3 is 2.42 bits per heavy atom. The molecule has 2 aromatic heterocycles. The van der Waals surface area contributed by atoms with Crippen LogP contribution < -0.4 is 11.1 Å². The maximum Gasteiger partial charge on any atom is 0.272 e. The first-order valence-corrected chi connectivity index (χ1v) is 10.0. The predicted molar refractivity (Wildman–Crippen MR) is 114 cm³/mol. The van der Waals surface area contributed by atoms with Crippen LogP contribution in [-0.4, -0.2) is 44.6 Å². The third-order valence-electron chi connectivity index (χ3n) is 5.53. The lowest BCUT2D eigenvalue weighted by Gasteiger charge is -2.31. The summed E-state index contributed by atoms with van der Waals surface area (Å²) in [5, 5.41) is 6.74. The molecule has 3 N–H and O–H groups in total. The molecule has 31 heavy (non-hydrogen) atoms. The molecule has 1 aliphatic rings. The fourth-order valence-electron chi connectivity index (χ4n) is 3.77. The zero-order chi connectivity index (χ0) is 22.0. The lowest BCUT2D eigenvalue weighted by molar-refractivity contribution is 0.0700. The van der Waals surface area contributed by atoms with Gasteiger partial charge in [-0.15, -0.1) is 0 Å². The van der Waals surface area contributed by atoms with E-state index in [2.05, 4.69) is 15.4 Å². The van der Waals surface area contributed by atoms with Gasteiger partial charge in [-0.1, -0.05) is 0 Å². The number of anilines is 2. The largest absolute Gasteiger partial charge is 0.383 e. The zero-order valence-electron chi connectivity index (χ0n) is 17.1. The van der Waals surface area contributed by atoms with Gasteiger partial charge in [-0.3, -0.25) is 14.3 Å². The molecule has 0 bridgehead atoms.